The van der Waals surface area contributed by atoms with Crippen LogP contribution in [-0.2, 0) is 39.4 Å². The van der Waals surface area contributed by atoms with Gasteiger partial charge < -0.3 is 34.1 Å². The molecule has 1 heterocycles. The minimum Gasteiger partial charge on any atom is -0.462 e. The first-order valence-corrected chi connectivity index (χ1v) is 19.1. The number of ether oxygens (including phenoxy) is 4. The average molecular weight is 723 g/mol. The molecule has 1 saturated heterocycles. The highest BCUT2D eigenvalue weighted by Crippen LogP contribution is 2.49. The predicted molar refractivity (Wildman–Crippen MR) is 191 cm³/mol. The number of benzene rings is 3. The molecule has 2 amide bonds. The van der Waals surface area contributed by atoms with Crippen LogP contribution in [0.3, 0.4) is 0 Å². The Morgan fingerprint density at radius 3 is 2.10 bits per heavy atom. The number of fused-ring (bicyclic) bond motifs is 3. The number of hydrogen-bond acceptors (Lipinski definition) is 10. The summed E-state index contributed by atoms with van der Waals surface area (Å²) in [6, 6.07) is 21.8. The molecule has 0 bridgehead atoms. The first kappa shape index (κ1) is 37.9. The van der Waals surface area contributed by atoms with E-state index in [9.17, 15) is 18.9 Å². The van der Waals surface area contributed by atoms with Crippen LogP contribution < -0.4 is 15.2 Å². The minimum atomic E-state index is -3.87. The Kier molecular flexibility index (Phi) is 11.8. The van der Waals surface area contributed by atoms with E-state index in [0.717, 1.165) is 22.3 Å². The summed E-state index contributed by atoms with van der Waals surface area (Å²) in [5.74, 6) is -0.376. The van der Waals surface area contributed by atoms with Crippen molar-refractivity contribution < 1.29 is 46.9 Å². The summed E-state index contributed by atoms with van der Waals surface area (Å²) in [5.41, 5.74) is 4.29. The maximum absolute atomic E-state index is 13.8. The van der Waals surface area contributed by atoms with Gasteiger partial charge in [-0.1, -0.05) is 60.7 Å². The molecule has 1 aliphatic carbocycles. The van der Waals surface area contributed by atoms with E-state index in [1.807, 2.05) is 43.3 Å². The van der Waals surface area contributed by atoms with Gasteiger partial charge in [-0.15, -0.1) is 0 Å². The van der Waals surface area contributed by atoms with E-state index in [1.54, 1.807) is 58.9 Å². The molecule has 12 nitrogen and oxygen atoms in total. The lowest BCUT2D eigenvalue weighted by Gasteiger charge is -2.29. The van der Waals surface area contributed by atoms with Gasteiger partial charge in [-0.3, -0.25) is 9.32 Å². The van der Waals surface area contributed by atoms with Crippen molar-refractivity contribution in [1.29, 1.82) is 0 Å². The molecule has 1 aliphatic heterocycles. The number of carbonyl (C=O) groups excluding carboxylic acids is 3. The zero-order chi connectivity index (χ0) is 36.9. The molecule has 5 rings (SSSR count). The van der Waals surface area contributed by atoms with Gasteiger partial charge in [0.05, 0.1) is 17.6 Å². The van der Waals surface area contributed by atoms with Gasteiger partial charge in [0.25, 0.3) is 0 Å². The number of rotatable bonds is 12. The third-order valence-electron chi connectivity index (χ3n) is 8.73. The molecule has 0 aromatic heterocycles. The quantitative estimate of drug-likeness (QED) is 0.112. The van der Waals surface area contributed by atoms with E-state index in [1.165, 1.54) is 6.66 Å². The zero-order valence-electron chi connectivity index (χ0n) is 30.0. The van der Waals surface area contributed by atoms with Crippen molar-refractivity contribution in [1.82, 2.24) is 10.6 Å². The summed E-state index contributed by atoms with van der Waals surface area (Å²) in [7, 11) is -3.87. The monoisotopic (exact) mass is 722 g/mol. The second-order valence-electron chi connectivity index (χ2n) is 13.8. The van der Waals surface area contributed by atoms with Gasteiger partial charge in [-0.05, 0) is 81.5 Å². The van der Waals surface area contributed by atoms with Crippen LogP contribution in [0, 0.1) is 5.41 Å². The van der Waals surface area contributed by atoms with Crippen LogP contribution in [0.1, 0.15) is 64.2 Å². The van der Waals surface area contributed by atoms with E-state index >= 15 is 0 Å². The Hall–Kier alpha value is -4.38. The summed E-state index contributed by atoms with van der Waals surface area (Å²) >= 11 is 0. The largest absolute Gasteiger partial charge is 0.462 e. The molecule has 3 aromatic rings. The molecule has 0 spiro atoms. The molecule has 3 aromatic carbocycles. The number of carbonyl (C=O) groups is 3. The normalized spacial score (nSPS) is 21.4. The van der Waals surface area contributed by atoms with E-state index < -0.39 is 61.6 Å². The Labute approximate surface area is 299 Å². The molecule has 51 heavy (non-hydrogen) atoms. The van der Waals surface area contributed by atoms with Crippen molar-refractivity contribution in [3.8, 4) is 16.9 Å². The topological polar surface area (TPSA) is 148 Å². The molecule has 0 radical (unpaired) electrons. The number of amides is 2. The summed E-state index contributed by atoms with van der Waals surface area (Å²) in [6.07, 6.45) is -4.32. The summed E-state index contributed by atoms with van der Waals surface area (Å²) in [4.78, 5) is 37.8. The van der Waals surface area contributed by atoms with Crippen LogP contribution in [0.4, 0.5) is 9.59 Å². The highest BCUT2D eigenvalue weighted by Gasteiger charge is 2.48. The van der Waals surface area contributed by atoms with E-state index in [-0.39, 0.29) is 24.9 Å². The summed E-state index contributed by atoms with van der Waals surface area (Å²) in [6.45, 7) is 12.2. The van der Waals surface area contributed by atoms with Gasteiger partial charge in [0.1, 0.15) is 37.3 Å². The fourth-order valence-electron chi connectivity index (χ4n) is 6.31. The van der Waals surface area contributed by atoms with Crippen LogP contribution in [0.2, 0.25) is 0 Å². The number of esters is 1. The summed E-state index contributed by atoms with van der Waals surface area (Å²) in [5, 5.41) is 5.43. The van der Waals surface area contributed by atoms with Crippen LogP contribution >= 0.6 is 7.60 Å². The molecule has 2 aliphatic rings. The highest BCUT2D eigenvalue weighted by molar-refractivity contribution is 7.53. The molecule has 274 valence electrons. The molecule has 13 heteroatoms. The third kappa shape index (κ3) is 9.30. The Bertz CT molecular complexity index is 1710. The van der Waals surface area contributed by atoms with Crippen LogP contribution in [0.15, 0.2) is 72.8 Å². The van der Waals surface area contributed by atoms with Crippen molar-refractivity contribution >= 4 is 25.8 Å². The van der Waals surface area contributed by atoms with Crippen LogP contribution in [0.5, 0.6) is 5.75 Å². The SMILES string of the molecule is CCNC(=O)OCc1ccc(OP(C)(=O)OC2C(NC(=O)OC(C)C3c4ccccc4-c4ccccc43)[C@H](C)O[C@@H]2COC(=O)C(C)(C)C)cc1. The Morgan fingerprint density at radius 2 is 1.51 bits per heavy atom. The van der Waals surface area contributed by atoms with E-state index in [0.29, 0.717) is 12.1 Å². The maximum atomic E-state index is 13.8. The second-order valence-corrected chi connectivity index (χ2v) is 15.8. The second kappa shape index (κ2) is 15.9. The van der Waals surface area contributed by atoms with Crippen molar-refractivity contribution in [2.45, 2.75) is 84.5 Å². The number of nitrogens with one attached hydrogen (secondary N) is 2. The zero-order valence-corrected chi connectivity index (χ0v) is 30.9. The van der Waals surface area contributed by atoms with Gasteiger partial charge >= 0.3 is 25.8 Å². The standard InChI is InChI=1S/C38H47N2O10P/c1-8-39-36(42)46-21-25-17-19-26(20-18-25)49-51(7,44)50-34-31(22-45-35(41)38(4,5)6)47-24(3)33(34)40-37(43)48-23(2)32-29-15-11-9-13-27(29)28-14-10-12-16-30(28)32/h9-20,23-24,31-34H,8,21-22H2,1-7H3,(H,39,42)(H,40,43)/t23?,24-,31+,33?,34?,51?/m0/s1. The number of alkyl carbamates (subject to hydrolysis) is 2. The van der Waals surface area contributed by atoms with E-state index in [4.69, 9.17) is 28.0 Å². The van der Waals surface area contributed by atoms with Crippen molar-refractivity contribution in [3.05, 3.63) is 89.5 Å². The lowest BCUT2D eigenvalue weighted by molar-refractivity contribution is -0.158. The van der Waals surface area contributed by atoms with Gasteiger partial charge in [0, 0.05) is 19.1 Å². The van der Waals surface area contributed by atoms with Crippen LogP contribution in [0.25, 0.3) is 11.1 Å². The third-order valence-corrected chi connectivity index (χ3v) is 9.90. The Morgan fingerprint density at radius 1 is 0.902 bits per heavy atom. The fourth-order valence-corrected chi connectivity index (χ4v) is 7.57. The number of hydrogen-bond donors (Lipinski definition) is 2. The maximum Gasteiger partial charge on any atom is 0.407 e. The molecule has 6 atom stereocenters. The van der Waals surface area contributed by atoms with Crippen molar-refractivity contribution in [3.63, 3.8) is 0 Å². The predicted octanol–water partition coefficient (Wildman–Crippen LogP) is 7.19. The molecule has 0 saturated carbocycles. The molecule has 2 N–H and O–H groups in total. The molecule has 1 fully saturated rings. The van der Waals surface area contributed by atoms with Crippen molar-refractivity contribution in [2.75, 3.05) is 19.8 Å². The van der Waals surface area contributed by atoms with Gasteiger partial charge in [0.15, 0.2) is 0 Å². The first-order chi connectivity index (χ1) is 24.2. The lowest BCUT2D eigenvalue weighted by atomic mass is 9.92. The smallest absolute Gasteiger partial charge is 0.407 e. The average Bonchev–Trinajstić information content (AvgIpc) is 3.56. The van der Waals surface area contributed by atoms with Gasteiger partial charge in [0.2, 0.25) is 0 Å². The van der Waals surface area contributed by atoms with Crippen LogP contribution in [-0.4, -0.2) is 68.4 Å². The van der Waals surface area contributed by atoms with Crippen molar-refractivity contribution in [2.24, 2.45) is 5.41 Å². The van der Waals surface area contributed by atoms with E-state index in [2.05, 4.69) is 22.8 Å². The molecule has 4 unspecified atom stereocenters. The van der Waals surface area contributed by atoms with Gasteiger partial charge in [-0.2, -0.15) is 0 Å². The molecular formula is C38H47N2O10P. The highest BCUT2D eigenvalue weighted by atomic mass is 31.2. The fraction of sp³-hybridized carbons (Fsp3) is 0.447. The summed E-state index contributed by atoms with van der Waals surface area (Å²) < 4.78 is 48.6. The lowest BCUT2D eigenvalue weighted by Crippen LogP contribution is -2.49. The first-order valence-electron chi connectivity index (χ1n) is 17.1. The van der Waals surface area contributed by atoms with Gasteiger partial charge in [-0.25, -0.2) is 14.2 Å². The Balaban J connectivity index is 1.29. The minimum absolute atomic E-state index is 0.0422. The molecular weight excluding hydrogens is 675 g/mol.